The molecule has 0 aliphatic heterocycles. The lowest BCUT2D eigenvalue weighted by Gasteiger charge is -2.33. The van der Waals surface area contributed by atoms with Gasteiger partial charge in [-0.15, -0.1) is 0 Å². The molecule has 8 aromatic carbocycles. The second kappa shape index (κ2) is 13.5. The van der Waals surface area contributed by atoms with Crippen LogP contribution in [0.3, 0.4) is 0 Å². The number of aromatic nitrogens is 1. The molecule has 0 radical (unpaired) electrons. The standard InChI is InChI=1S/C51H36N2O/c1-3-13-40(14-4-1)51-52-49-34-48(46-19-9-10-20-47(46)50(49)54-51)39-24-22-35(23-25-39)36-26-30-42(31-27-36)53(41-16-5-2-6-17-41)43-32-28-38(29-33-43)45-21-11-15-37-12-7-8-18-44(37)45/h1-16,18-34,41H,17H2. The second-order valence-corrected chi connectivity index (χ2v) is 13.9. The van der Waals surface area contributed by atoms with E-state index in [-0.39, 0.29) is 6.04 Å². The molecule has 1 aliphatic carbocycles. The number of fused-ring (bicyclic) bond motifs is 4. The maximum absolute atomic E-state index is 6.34. The molecule has 1 aromatic heterocycles. The van der Waals surface area contributed by atoms with Crippen LogP contribution < -0.4 is 4.90 Å². The maximum atomic E-state index is 6.34. The van der Waals surface area contributed by atoms with E-state index in [2.05, 4.69) is 175 Å². The van der Waals surface area contributed by atoms with Gasteiger partial charge in [0.05, 0.1) is 6.04 Å². The fourth-order valence-electron chi connectivity index (χ4n) is 7.92. The predicted molar refractivity (Wildman–Crippen MR) is 226 cm³/mol. The number of hydrogen-bond donors (Lipinski definition) is 0. The average molecular weight is 693 g/mol. The van der Waals surface area contributed by atoms with Crippen LogP contribution in [0.5, 0.6) is 0 Å². The highest BCUT2D eigenvalue weighted by molar-refractivity contribution is 6.11. The van der Waals surface area contributed by atoms with Crippen LogP contribution in [-0.2, 0) is 0 Å². The van der Waals surface area contributed by atoms with Crippen molar-refractivity contribution in [3.8, 4) is 44.8 Å². The average Bonchev–Trinajstić information content (AvgIpc) is 3.70. The Hall–Kier alpha value is -6.97. The van der Waals surface area contributed by atoms with Crippen LogP contribution in [0, 0.1) is 0 Å². The molecule has 9 aromatic rings. The van der Waals surface area contributed by atoms with Gasteiger partial charge >= 0.3 is 0 Å². The zero-order valence-electron chi connectivity index (χ0n) is 29.6. The number of nitrogens with zero attached hydrogens (tertiary/aromatic N) is 2. The Balaban J connectivity index is 0.956. The van der Waals surface area contributed by atoms with E-state index < -0.39 is 0 Å². The Labute approximate surface area is 314 Å². The highest BCUT2D eigenvalue weighted by atomic mass is 16.3. The molecule has 0 saturated heterocycles. The van der Waals surface area contributed by atoms with Crippen molar-refractivity contribution in [3.05, 3.63) is 200 Å². The predicted octanol–water partition coefficient (Wildman–Crippen LogP) is 13.8. The van der Waals surface area contributed by atoms with Crippen LogP contribution in [0.4, 0.5) is 11.4 Å². The quantitative estimate of drug-likeness (QED) is 0.166. The maximum Gasteiger partial charge on any atom is 0.227 e. The van der Waals surface area contributed by atoms with E-state index in [1.807, 2.05) is 30.3 Å². The minimum absolute atomic E-state index is 0.226. The first-order chi connectivity index (χ1) is 26.8. The lowest BCUT2D eigenvalue weighted by molar-refractivity contribution is 0.623. The highest BCUT2D eigenvalue weighted by Crippen LogP contribution is 2.39. The first kappa shape index (κ1) is 31.7. The van der Waals surface area contributed by atoms with Gasteiger partial charge in [0.2, 0.25) is 5.89 Å². The number of benzene rings is 8. The Bertz CT molecular complexity index is 2820. The number of oxazole rings is 1. The summed E-state index contributed by atoms with van der Waals surface area (Å²) in [5.41, 5.74) is 12.1. The third-order valence-electron chi connectivity index (χ3n) is 10.6. The number of hydrogen-bond acceptors (Lipinski definition) is 3. The SMILES string of the molecule is C1=CCC(N(c2ccc(-c3ccc(-c4cc5nc(-c6ccccc6)oc5c5ccccc45)cc3)cc2)c2ccc(-c3cccc4ccccc34)cc2)C=C1. The van der Waals surface area contributed by atoms with Crippen molar-refractivity contribution in [3.63, 3.8) is 0 Å². The Morgan fingerprint density at radius 1 is 0.481 bits per heavy atom. The van der Waals surface area contributed by atoms with E-state index in [4.69, 9.17) is 9.40 Å². The third-order valence-corrected chi connectivity index (χ3v) is 10.6. The molecular formula is C51H36N2O. The lowest BCUT2D eigenvalue weighted by atomic mass is 9.95. The smallest absolute Gasteiger partial charge is 0.227 e. The molecule has 0 bridgehead atoms. The van der Waals surface area contributed by atoms with Gasteiger partial charge in [-0.05, 0) is 98.4 Å². The molecular weight excluding hydrogens is 657 g/mol. The van der Waals surface area contributed by atoms with Crippen molar-refractivity contribution < 1.29 is 4.42 Å². The summed E-state index contributed by atoms with van der Waals surface area (Å²) >= 11 is 0. The van der Waals surface area contributed by atoms with Gasteiger partial charge in [0, 0.05) is 22.3 Å². The van der Waals surface area contributed by atoms with Crippen molar-refractivity contribution in [2.75, 3.05) is 4.90 Å². The molecule has 3 nitrogen and oxygen atoms in total. The van der Waals surface area contributed by atoms with E-state index in [0.717, 1.165) is 45.0 Å². The van der Waals surface area contributed by atoms with Gasteiger partial charge in [-0.2, -0.15) is 0 Å². The summed E-state index contributed by atoms with van der Waals surface area (Å²) in [4.78, 5) is 7.37. The van der Waals surface area contributed by atoms with Gasteiger partial charge < -0.3 is 9.32 Å². The van der Waals surface area contributed by atoms with Gasteiger partial charge in [-0.25, -0.2) is 4.98 Å². The van der Waals surface area contributed by atoms with Crippen LogP contribution >= 0.6 is 0 Å². The number of anilines is 2. The van der Waals surface area contributed by atoms with Crippen molar-refractivity contribution in [1.82, 2.24) is 4.98 Å². The molecule has 0 spiro atoms. The van der Waals surface area contributed by atoms with Gasteiger partial charge in [0.25, 0.3) is 0 Å². The van der Waals surface area contributed by atoms with Crippen LogP contribution in [0.25, 0.3) is 77.5 Å². The van der Waals surface area contributed by atoms with E-state index in [9.17, 15) is 0 Å². The first-order valence-corrected chi connectivity index (χ1v) is 18.6. The number of allylic oxidation sites excluding steroid dienone is 2. The Morgan fingerprint density at radius 2 is 1.07 bits per heavy atom. The van der Waals surface area contributed by atoms with Crippen molar-refractivity contribution in [2.24, 2.45) is 0 Å². The van der Waals surface area contributed by atoms with Crippen LogP contribution in [-0.4, -0.2) is 11.0 Å². The summed E-state index contributed by atoms with van der Waals surface area (Å²) in [6.07, 6.45) is 9.80. The fraction of sp³-hybridized carbons (Fsp3) is 0.0392. The van der Waals surface area contributed by atoms with Crippen LogP contribution in [0.1, 0.15) is 6.42 Å². The molecule has 1 aliphatic rings. The number of rotatable bonds is 7. The van der Waals surface area contributed by atoms with Gasteiger partial charge in [-0.3, -0.25) is 0 Å². The molecule has 256 valence electrons. The third kappa shape index (κ3) is 5.77. The molecule has 1 unspecified atom stereocenters. The highest BCUT2D eigenvalue weighted by Gasteiger charge is 2.20. The van der Waals surface area contributed by atoms with E-state index >= 15 is 0 Å². The van der Waals surface area contributed by atoms with E-state index in [0.29, 0.717) is 5.89 Å². The van der Waals surface area contributed by atoms with Crippen LogP contribution in [0.2, 0.25) is 0 Å². The molecule has 0 amide bonds. The molecule has 1 heterocycles. The largest absolute Gasteiger partial charge is 0.435 e. The first-order valence-electron chi connectivity index (χ1n) is 18.6. The van der Waals surface area contributed by atoms with E-state index in [1.165, 1.54) is 44.4 Å². The molecule has 0 saturated carbocycles. The van der Waals surface area contributed by atoms with Crippen molar-refractivity contribution >= 4 is 44.0 Å². The van der Waals surface area contributed by atoms with E-state index in [1.54, 1.807) is 0 Å². The summed E-state index contributed by atoms with van der Waals surface area (Å²) in [7, 11) is 0. The summed E-state index contributed by atoms with van der Waals surface area (Å²) < 4.78 is 6.34. The topological polar surface area (TPSA) is 29.3 Å². The summed E-state index contributed by atoms with van der Waals surface area (Å²) in [6, 6.07) is 63.0. The fourth-order valence-corrected chi connectivity index (χ4v) is 7.92. The zero-order valence-corrected chi connectivity index (χ0v) is 29.6. The van der Waals surface area contributed by atoms with Crippen LogP contribution in [0.15, 0.2) is 205 Å². The molecule has 10 rings (SSSR count). The Kier molecular flexibility index (Phi) is 7.96. The second-order valence-electron chi connectivity index (χ2n) is 13.9. The molecule has 0 fully saturated rings. The Morgan fingerprint density at radius 3 is 1.80 bits per heavy atom. The molecule has 0 N–H and O–H groups in total. The lowest BCUT2D eigenvalue weighted by Crippen LogP contribution is -2.29. The monoisotopic (exact) mass is 692 g/mol. The minimum Gasteiger partial charge on any atom is -0.435 e. The molecule has 1 atom stereocenters. The minimum atomic E-state index is 0.226. The van der Waals surface area contributed by atoms with Gasteiger partial charge in [-0.1, -0.05) is 158 Å². The van der Waals surface area contributed by atoms with Gasteiger partial charge in [0.1, 0.15) is 5.52 Å². The normalized spacial score (nSPS) is 13.9. The summed E-state index contributed by atoms with van der Waals surface area (Å²) in [5, 5.41) is 4.74. The van der Waals surface area contributed by atoms with Gasteiger partial charge in [0.15, 0.2) is 5.58 Å². The summed E-state index contributed by atoms with van der Waals surface area (Å²) in [6.45, 7) is 0. The summed E-state index contributed by atoms with van der Waals surface area (Å²) in [5.74, 6) is 0.638. The molecule has 3 heteroatoms. The van der Waals surface area contributed by atoms with Crippen molar-refractivity contribution in [2.45, 2.75) is 12.5 Å². The van der Waals surface area contributed by atoms with Crippen molar-refractivity contribution in [1.29, 1.82) is 0 Å². The zero-order chi connectivity index (χ0) is 35.8. The molecule has 54 heavy (non-hydrogen) atoms.